The highest BCUT2D eigenvalue weighted by atomic mass is 19.1. The third-order valence-corrected chi connectivity index (χ3v) is 3.31. The Morgan fingerprint density at radius 3 is 2.52 bits per heavy atom. The summed E-state index contributed by atoms with van der Waals surface area (Å²) in [5.41, 5.74) is 6.77. The van der Waals surface area contributed by atoms with Crippen LogP contribution in [-0.4, -0.2) is 12.5 Å². The summed E-state index contributed by atoms with van der Waals surface area (Å²) in [6.45, 7) is 3.64. The van der Waals surface area contributed by atoms with Gasteiger partial charge < -0.3 is 10.6 Å². The summed E-state index contributed by atoms with van der Waals surface area (Å²) < 4.78 is 27.0. The summed E-state index contributed by atoms with van der Waals surface area (Å²) in [5, 5.41) is 0. The first-order valence-corrected chi connectivity index (χ1v) is 6.57. The monoisotopic (exact) mass is 290 g/mol. The van der Waals surface area contributed by atoms with Gasteiger partial charge in [-0.3, -0.25) is 4.79 Å². The number of rotatable bonds is 3. The van der Waals surface area contributed by atoms with Crippen molar-refractivity contribution in [2.24, 2.45) is 0 Å². The molecule has 0 aliphatic rings. The first-order valence-electron chi connectivity index (χ1n) is 6.57. The number of carbonyl (C=O) groups excluding carboxylic acids is 1. The minimum atomic E-state index is -0.534. The smallest absolute Gasteiger partial charge is 0.258 e. The Balaban J connectivity index is 2.41. The van der Waals surface area contributed by atoms with Crippen LogP contribution in [0.3, 0.4) is 0 Å². The van der Waals surface area contributed by atoms with E-state index in [4.69, 9.17) is 5.73 Å². The van der Waals surface area contributed by atoms with Crippen LogP contribution in [0.2, 0.25) is 0 Å². The molecule has 0 radical (unpaired) electrons. The summed E-state index contributed by atoms with van der Waals surface area (Å²) in [6, 6.07) is 8.28. The van der Waals surface area contributed by atoms with E-state index in [-0.39, 0.29) is 11.3 Å². The van der Waals surface area contributed by atoms with E-state index in [0.717, 1.165) is 6.07 Å². The molecule has 0 saturated heterocycles. The molecule has 0 heterocycles. The number of nitrogens with zero attached hydrogens (tertiary/aromatic N) is 1. The fraction of sp³-hybridized carbons (Fsp3) is 0.188. The molecule has 0 unspecified atom stereocenters. The Bertz CT molecular complexity index is 663. The van der Waals surface area contributed by atoms with Crippen LogP contribution in [0.5, 0.6) is 0 Å². The minimum Gasteiger partial charge on any atom is -0.398 e. The molecule has 3 nitrogen and oxygen atoms in total. The third kappa shape index (κ3) is 3.02. The standard InChI is InChI=1S/C16H16F2N2O/c1-3-20(13-6-4-5-12(17)9-13)16(21)11-7-14(18)10(2)15(19)8-11/h4-9H,3,19H2,1-2H3. The average Bonchev–Trinajstić information content (AvgIpc) is 2.45. The van der Waals surface area contributed by atoms with Gasteiger partial charge in [0, 0.05) is 29.0 Å². The van der Waals surface area contributed by atoms with Crippen molar-refractivity contribution < 1.29 is 13.6 Å². The minimum absolute atomic E-state index is 0.140. The summed E-state index contributed by atoms with van der Waals surface area (Å²) in [6.07, 6.45) is 0. The topological polar surface area (TPSA) is 46.3 Å². The second-order valence-corrected chi connectivity index (χ2v) is 4.70. The van der Waals surface area contributed by atoms with Crippen LogP contribution >= 0.6 is 0 Å². The number of nitrogens with two attached hydrogens (primary N) is 1. The maximum Gasteiger partial charge on any atom is 0.258 e. The molecular weight excluding hydrogens is 274 g/mol. The molecule has 2 aromatic rings. The highest BCUT2D eigenvalue weighted by Gasteiger charge is 2.18. The molecule has 110 valence electrons. The Hall–Kier alpha value is -2.43. The second-order valence-electron chi connectivity index (χ2n) is 4.70. The van der Waals surface area contributed by atoms with Gasteiger partial charge in [0.15, 0.2) is 0 Å². The molecule has 2 aromatic carbocycles. The lowest BCUT2D eigenvalue weighted by Gasteiger charge is -2.21. The van der Waals surface area contributed by atoms with E-state index >= 15 is 0 Å². The summed E-state index contributed by atoms with van der Waals surface area (Å²) in [7, 11) is 0. The van der Waals surface area contributed by atoms with Crippen molar-refractivity contribution in [3.63, 3.8) is 0 Å². The van der Waals surface area contributed by atoms with Crippen LogP contribution in [0.25, 0.3) is 0 Å². The van der Waals surface area contributed by atoms with Crippen LogP contribution in [0.15, 0.2) is 36.4 Å². The zero-order valence-corrected chi connectivity index (χ0v) is 11.9. The van der Waals surface area contributed by atoms with Crippen molar-refractivity contribution in [2.75, 3.05) is 17.2 Å². The first-order chi connectivity index (χ1) is 9.93. The van der Waals surface area contributed by atoms with Gasteiger partial charge in [0.25, 0.3) is 5.91 Å². The van der Waals surface area contributed by atoms with Crippen molar-refractivity contribution in [3.05, 3.63) is 59.2 Å². The number of carbonyl (C=O) groups is 1. The zero-order chi connectivity index (χ0) is 15.6. The lowest BCUT2D eigenvalue weighted by atomic mass is 10.1. The third-order valence-electron chi connectivity index (χ3n) is 3.31. The van der Waals surface area contributed by atoms with Crippen molar-refractivity contribution in [1.82, 2.24) is 0 Å². The Morgan fingerprint density at radius 2 is 1.95 bits per heavy atom. The van der Waals surface area contributed by atoms with Gasteiger partial charge >= 0.3 is 0 Å². The first kappa shape index (κ1) is 15.0. The fourth-order valence-electron chi connectivity index (χ4n) is 2.07. The van der Waals surface area contributed by atoms with Crippen molar-refractivity contribution in [1.29, 1.82) is 0 Å². The van der Waals surface area contributed by atoms with Gasteiger partial charge in [0.05, 0.1) is 0 Å². The molecule has 0 saturated carbocycles. The van der Waals surface area contributed by atoms with Gasteiger partial charge in [0.1, 0.15) is 11.6 Å². The number of hydrogen-bond acceptors (Lipinski definition) is 2. The van der Waals surface area contributed by atoms with Gasteiger partial charge in [-0.1, -0.05) is 6.07 Å². The second kappa shape index (κ2) is 5.91. The molecule has 0 atom stereocenters. The zero-order valence-electron chi connectivity index (χ0n) is 11.9. The maximum absolute atomic E-state index is 13.7. The summed E-state index contributed by atoms with van der Waals surface area (Å²) >= 11 is 0. The van der Waals surface area contributed by atoms with Gasteiger partial charge in [-0.2, -0.15) is 0 Å². The molecule has 0 aromatic heterocycles. The van der Waals surface area contributed by atoms with Crippen LogP contribution < -0.4 is 10.6 Å². The van der Waals surface area contributed by atoms with Gasteiger partial charge in [0.2, 0.25) is 0 Å². The van der Waals surface area contributed by atoms with Gasteiger partial charge in [-0.15, -0.1) is 0 Å². The van der Waals surface area contributed by atoms with Gasteiger partial charge in [-0.25, -0.2) is 8.78 Å². The van der Waals surface area contributed by atoms with Crippen molar-refractivity contribution in [3.8, 4) is 0 Å². The normalized spacial score (nSPS) is 10.5. The van der Waals surface area contributed by atoms with E-state index in [1.54, 1.807) is 19.9 Å². The largest absolute Gasteiger partial charge is 0.398 e. The fourth-order valence-corrected chi connectivity index (χ4v) is 2.07. The predicted molar refractivity (Wildman–Crippen MR) is 79.3 cm³/mol. The molecule has 2 rings (SSSR count). The quantitative estimate of drug-likeness (QED) is 0.879. The SMILES string of the molecule is CCN(C(=O)c1cc(N)c(C)c(F)c1)c1cccc(F)c1. The van der Waals surface area contributed by atoms with Crippen molar-refractivity contribution >= 4 is 17.3 Å². The number of nitrogen functional groups attached to an aromatic ring is 1. The van der Waals surface area contributed by atoms with E-state index < -0.39 is 17.5 Å². The molecule has 21 heavy (non-hydrogen) atoms. The van der Waals surface area contributed by atoms with E-state index in [1.165, 1.54) is 29.2 Å². The van der Waals surface area contributed by atoms with E-state index in [2.05, 4.69) is 0 Å². The molecule has 0 fully saturated rings. The number of hydrogen-bond donors (Lipinski definition) is 1. The molecule has 1 amide bonds. The number of anilines is 2. The summed E-state index contributed by atoms with van der Waals surface area (Å²) in [4.78, 5) is 13.9. The van der Waals surface area contributed by atoms with E-state index in [1.807, 2.05) is 0 Å². The number of amides is 1. The Kier molecular flexibility index (Phi) is 4.21. The highest BCUT2D eigenvalue weighted by Crippen LogP contribution is 2.22. The molecular formula is C16H16F2N2O. The maximum atomic E-state index is 13.7. The molecule has 0 aliphatic heterocycles. The van der Waals surface area contributed by atoms with Crippen LogP contribution in [0.4, 0.5) is 20.2 Å². The molecule has 0 spiro atoms. The molecule has 0 bridgehead atoms. The Morgan fingerprint density at radius 1 is 1.24 bits per heavy atom. The van der Waals surface area contributed by atoms with Gasteiger partial charge in [-0.05, 0) is 44.2 Å². The predicted octanol–water partition coefficient (Wildman–Crippen LogP) is 3.52. The highest BCUT2D eigenvalue weighted by molar-refractivity contribution is 6.06. The van der Waals surface area contributed by atoms with E-state index in [9.17, 15) is 13.6 Å². The van der Waals surface area contributed by atoms with E-state index in [0.29, 0.717) is 17.8 Å². The van der Waals surface area contributed by atoms with Crippen molar-refractivity contribution in [2.45, 2.75) is 13.8 Å². The van der Waals surface area contributed by atoms with Crippen LogP contribution in [0, 0.1) is 18.6 Å². The summed E-state index contributed by atoms with van der Waals surface area (Å²) in [5.74, 6) is -1.39. The number of halogens is 2. The van der Waals surface area contributed by atoms with Crippen LogP contribution in [0.1, 0.15) is 22.8 Å². The number of benzene rings is 2. The molecule has 0 aliphatic carbocycles. The average molecular weight is 290 g/mol. The lowest BCUT2D eigenvalue weighted by Crippen LogP contribution is -2.30. The Labute approximate surface area is 122 Å². The van der Waals surface area contributed by atoms with Crippen LogP contribution in [-0.2, 0) is 0 Å². The lowest BCUT2D eigenvalue weighted by molar-refractivity contribution is 0.0988. The molecule has 2 N–H and O–H groups in total. The molecule has 5 heteroatoms.